The monoisotopic (exact) mass is 630 g/mol. The van der Waals surface area contributed by atoms with Crippen LogP contribution in [-0.4, -0.2) is 9.13 Å². The van der Waals surface area contributed by atoms with Crippen molar-refractivity contribution >= 4 is 75.1 Å². The summed E-state index contributed by atoms with van der Waals surface area (Å²) < 4.78 is 7.64. The Balaban J connectivity index is 1.25. The summed E-state index contributed by atoms with van der Waals surface area (Å²) in [6.45, 7) is 4.74. The zero-order chi connectivity index (χ0) is 31.7. The molecule has 1 aliphatic carbocycles. The molecule has 0 radical (unpaired) electrons. The number of hydrogen-bond acceptors (Lipinski definition) is 1. The molecule has 0 N–H and O–H groups in total. The van der Waals surface area contributed by atoms with Crippen molar-refractivity contribution in [2.45, 2.75) is 19.3 Å². The van der Waals surface area contributed by atoms with E-state index in [4.69, 9.17) is 0 Å². The average Bonchev–Trinajstić information content (AvgIpc) is 3.83. The fourth-order valence-corrected chi connectivity index (χ4v) is 9.97. The minimum Gasteiger partial charge on any atom is -0.309 e. The Bertz CT molecular complexity index is 2970. The maximum absolute atomic E-state index is 2.48. The topological polar surface area (TPSA) is 9.86 Å². The van der Waals surface area contributed by atoms with Gasteiger partial charge in [0.25, 0.3) is 0 Å². The molecule has 0 aliphatic heterocycles. The summed E-state index contributed by atoms with van der Waals surface area (Å²) in [5.41, 5.74) is 12.8. The SMILES string of the molecule is CC1(C)c2ccccc2-c2cc3c4cc(-n5c6ccccc6c6c7sc8ccccc8c7ccc65)ccc4n(-c4ccccc4)c3cc21. The van der Waals surface area contributed by atoms with E-state index in [9.17, 15) is 0 Å². The van der Waals surface area contributed by atoms with E-state index in [0.29, 0.717) is 0 Å². The molecule has 7 aromatic carbocycles. The van der Waals surface area contributed by atoms with Gasteiger partial charge in [0.2, 0.25) is 0 Å². The van der Waals surface area contributed by atoms with Crippen molar-refractivity contribution in [3.8, 4) is 22.5 Å². The predicted octanol–water partition coefficient (Wildman–Crippen LogP) is 12.6. The van der Waals surface area contributed by atoms with Crippen LogP contribution < -0.4 is 0 Å². The summed E-state index contributed by atoms with van der Waals surface area (Å²) in [6, 6.07) is 54.2. The van der Waals surface area contributed by atoms with E-state index in [0.717, 1.165) is 0 Å². The summed E-state index contributed by atoms with van der Waals surface area (Å²) in [7, 11) is 0. The Hall–Kier alpha value is -5.64. The second-order valence-corrected chi connectivity index (χ2v) is 14.8. The molecule has 10 aromatic rings. The Labute approximate surface area is 281 Å². The Morgan fingerprint density at radius 3 is 2.02 bits per heavy atom. The highest BCUT2D eigenvalue weighted by atomic mass is 32.1. The molecule has 1 aliphatic rings. The van der Waals surface area contributed by atoms with Gasteiger partial charge in [0, 0.05) is 58.5 Å². The minimum absolute atomic E-state index is 0.0653. The summed E-state index contributed by atoms with van der Waals surface area (Å²) in [5, 5.41) is 7.87. The van der Waals surface area contributed by atoms with Gasteiger partial charge in [-0.25, -0.2) is 0 Å². The highest BCUT2D eigenvalue weighted by molar-refractivity contribution is 7.26. The molecule has 11 rings (SSSR count). The number of rotatable bonds is 2. The third-order valence-electron chi connectivity index (χ3n) is 10.9. The molecule has 48 heavy (non-hydrogen) atoms. The minimum atomic E-state index is -0.0653. The number of nitrogens with zero attached hydrogens (tertiary/aromatic N) is 2. The van der Waals surface area contributed by atoms with E-state index < -0.39 is 0 Å². The number of fused-ring (bicyclic) bond motifs is 13. The number of aromatic nitrogens is 2. The summed E-state index contributed by atoms with van der Waals surface area (Å²) in [4.78, 5) is 0. The molecular formula is C45H30N2S. The van der Waals surface area contributed by atoms with Gasteiger partial charge in [0.1, 0.15) is 0 Å². The molecule has 3 heteroatoms. The average molecular weight is 631 g/mol. The first kappa shape index (κ1) is 26.4. The van der Waals surface area contributed by atoms with Crippen LogP contribution >= 0.6 is 11.3 Å². The van der Waals surface area contributed by atoms with E-state index in [1.165, 1.54) is 97.4 Å². The fourth-order valence-electron chi connectivity index (χ4n) is 8.71. The van der Waals surface area contributed by atoms with Crippen molar-refractivity contribution in [2.24, 2.45) is 0 Å². The standard InChI is InChI=1S/C45H30N2S/c1-45(2)36-17-9-6-14-29(36)33-25-35-34-24-28(20-22-39(34)46(41(35)26-37(33)45)27-12-4-3-5-13-27)47-38-18-10-7-16-32(38)43-40(47)23-21-31-30-15-8-11-19-42(30)48-44(31)43/h3-26H,1-2H3. The van der Waals surface area contributed by atoms with Crippen LogP contribution in [0.2, 0.25) is 0 Å². The molecule has 0 amide bonds. The van der Waals surface area contributed by atoms with Crippen LogP contribution in [0.15, 0.2) is 146 Å². The second-order valence-electron chi connectivity index (χ2n) is 13.7. The smallest absolute Gasteiger partial charge is 0.0555 e. The van der Waals surface area contributed by atoms with Crippen LogP contribution in [0.3, 0.4) is 0 Å². The van der Waals surface area contributed by atoms with Gasteiger partial charge in [0.15, 0.2) is 0 Å². The maximum atomic E-state index is 2.48. The highest BCUT2D eigenvalue weighted by Crippen LogP contribution is 2.51. The fraction of sp³-hybridized carbons (Fsp3) is 0.0667. The number of hydrogen-bond donors (Lipinski definition) is 0. The molecule has 0 saturated carbocycles. The van der Waals surface area contributed by atoms with E-state index >= 15 is 0 Å². The van der Waals surface area contributed by atoms with Gasteiger partial charge in [0.05, 0.1) is 22.1 Å². The molecule has 226 valence electrons. The third kappa shape index (κ3) is 3.31. The van der Waals surface area contributed by atoms with E-state index in [2.05, 4.69) is 169 Å². The maximum Gasteiger partial charge on any atom is 0.0555 e. The van der Waals surface area contributed by atoms with Crippen LogP contribution in [0.5, 0.6) is 0 Å². The van der Waals surface area contributed by atoms with Gasteiger partial charge >= 0.3 is 0 Å². The molecule has 0 spiro atoms. The first-order valence-corrected chi connectivity index (χ1v) is 17.5. The summed E-state index contributed by atoms with van der Waals surface area (Å²) >= 11 is 1.91. The van der Waals surface area contributed by atoms with Crippen LogP contribution in [0.25, 0.3) is 86.3 Å². The predicted molar refractivity (Wildman–Crippen MR) is 206 cm³/mol. The molecular weight excluding hydrogens is 601 g/mol. The largest absolute Gasteiger partial charge is 0.309 e. The zero-order valence-corrected chi connectivity index (χ0v) is 27.5. The quantitative estimate of drug-likeness (QED) is 0.180. The third-order valence-corrected chi connectivity index (χ3v) is 12.1. The molecule has 0 bridgehead atoms. The Morgan fingerprint density at radius 1 is 0.438 bits per heavy atom. The number of para-hydroxylation sites is 2. The lowest BCUT2D eigenvalue weighted by molar-refractivity contribution is 0.661. The summed E-state index contributed by atoms with van der Waals surface area (Å²) in [6.07, 6.45) is 0. The van der Waals surface area contributed by atoms with Gasteiger partial charge < -0.3 is 9.13 Å². The van der Waals surface area contributed by atoms with Gasteiger partial charge in [-0.05, 0) is 82.9 Å². The van der Waals surface area contributed by atoms with Crippen molar-refractivity contribution < 1.29 is 0 Å². The van der Waals surface area contributed by atoms with Crippen LogP contribution in [0.1, 0.15) is 25.0 Å². The van der Waals surface area contributed by atoms with Crippen LogP contribution in [0.4, 0.5) is 0 Å². The summed E-state index contributed by atoms with van der Waals surface area (Å²) in [5.74, 6) is 0. The normalized spacial score (nSPS) is 13.8. The lowest BCUT2D eigenvalue weighted by Gasteiger charge is -2.21. The lowest BCUT2D eigenvalue weighted by Crippen LogP contribution is -2.14. The molecule has 0 fully saturated rings. The van der Waals surface area contributed by atoms with Crippen LogP contribution in [-0.2, 0) is 5.41 Å². The van der Waals surface area contributed by atoms with E-state index in [1.54, 1.807) is 0 Å². The Kier molecular flexibility index (Phi) is 5.09. The highest BCUT2D eigenvalue weighted by Gasteiger charge is 2.36. The first-order valence-electron chi connectivity index (χ1n) is 16.7. The van der Waals surface area contributed by atoms with Gasteiger partial charge in [-0.3, -0.25) is 0 Å². The Morgan fingerprint density at radius 2 is 1.12 bits per heavy atom. The molecule has 3 aromatic heterocycles. The second kappa shape index (κ2) is 9.25. The van der Waals surface area contributed by atoms with Crippen molar-refractivity contribution in [3.63, 3.8) is 0 Å². The zero-order valence-electron chi connectivity index (χ0n) is 26.7. The van der Waals surface area contributed by atoms with E-state index in [1.807, 2.05) is 11.3 Å². The van der Waals surface area contributed by atoms with E-state index in [-0.39, 0.29) is 5.41 Å². The first-order chi connectivity index (χ1) is 23.6. The molecule has 3 heterocycles. The lowest BCUT2D eigenvalue weighted by atomic mass is 9.82. The van der Waals surface area contributed by atoms with Crippen molar-refractivity contribution in [1.82, 2.24) is 9.13 Å². The molecule has 0 unspecified atom stereocenters. The molecule has 0 atom stereocenters. The van der Waals surface area contributed by atoms with Gasteiger partial charge in [-0.15, -0.1) is 11.3 Å². The van der Waals surface area contributed by atoms with Crippen molar-refractivity contribution in [3.05, 3.63) is 157 Å². The van der Waals surface area contributed by atoms with Crippen molar-refractivity contribution in [1.29, 1.82) is 0 Å². The number of thiophene rings is 1. The molecule has 2 nitrogen and oxygen atoms in total. The van der Waals surface area contributed by atoms with Gasteiger partial charge in [-0.2, -0.15) is 0 Å². The number of benzene rings is 7. The van der Waals surface area contributed by atoms with Crippen LogP contribution in [0, 0.1) is 0 Å². The van der Waals surface area contributed by atoms with Crippen molar-refractivity contribution in [2.75, 3.05) is 0 Å². The van der Waals surface area contributed by atoms with Gasteiger partial charge in [-0.1, -0.05) is 98.8 Å². The molecule has 0 saturated heterocycles.